The van der Waals surface area contributed by atoms with Gasteiger partial charge >= 0.3 is 0 Å². The van der Waals surface area contributed by atoms with Crippen LogP contribution in [0.4, 0.5) is 10.2 Å². The number of nitrogens with one attached hydrogen (secondary N) is 1. The minimum Gasteiger partial charge on any atom is -0.493 e. The Hall–Kier alpha value is -4.35. The minimum absolute atomic E-state index is 0.123. The maximum Gasteiger partial charge on any atom is 0.204 e. The van der Waals surface area contributed by atoms with Crippen LogP contribution >= 0.6 is 0 Å². The van der Waals surface area contributed by atoms with Gasteiger partial charge in [0.2, 0.25) is 11.6 Å². The number of allylic oxidation sites excluding steroid dienone is 2. The number of hydrogen-bond acceptors (Lipinski definition) is 10. The summed E-state index contributed by atoms with van der Waals surface area (Å²) in [5, 5.41) is 3.61. The van der Waals surface area contributed by atoms with Crippen LogP contribution in [-0.2, 0) is 20.9 Å². The molecule has 2 heterocycles. The van der Waals surface area contributed by atoms with Crippen molar-refractivity contribution >= 4 is 28.3 Å². The van der Waals surface area contributed by atoms with E-state index < -0.39 is 0 Å². The number of piperazine rings is 1. The normalized spacial score (nSPS) is 16.1. The first-order chi connectivity index (χ1) is 19.4. The molecule has 1 fully saturated rings. The highest BCUT2D eigenvalue weighted by molar-refractivity contribution is 6.21. The molecule has 0 spiro atoms. The Kier molecular flexibility index (Phi) is 8.32. The van der Waals surface area contributed by atoms with E-state index in [0.717, 1.165) is 5.56 Å². The van der Waals surface area contributed by atoms with Crippen molar-refractivity contribution in [3.8, 4) is 11.5 Å². The molecule has 1 saturated heterocycles. The molecule has 1 N–H and O–H groups in total. The number of benzene rings is 2. The molecule has 3 aromatic rings. The van der Waals surface area contributed by atoms with Gasteiger partial charge in [-0.15, -0.1) is 0 Å². The Labute approximate surface area is 231 Å². The summed E-state index contributed by atoms with van der Waals surface area (Å²) < 4.78 is 29.8. The Morgan fingerprint density at radius 1 is 0.950 bits per heavy atom. The molecule has 1 aliphatic heterocycles. The maximum absolute atomic E-state index is 13.5. The highest BCUT2D eigenvalue weighted by Crippen LogP contribution is 2.34. The third-order valence-corrected chi connectivity index (χ3v) is 6.79. The summed E-state index contributed by atoms with van der Waals surface area (Å²) in [6.45, 7) is 3.94. The first-order valence-corrected chi connectivity index (χ1v) is 12.9. The van der Waals surface area contributed by atoms with Gasteiger partial charge in [-0.3, -0.25) is 14.5 Å². The van der Waals surface area contributed by atoms with Crippen molar-refractivity contribution in [2.45, 2.75) is 6.54 Å². The van der Waals surface area contributed by atoms with Gasteiger partial charge in [0.25, 0.3) is 0 Å². The lowest BCUT2D eigenvalue weighted by molar-refractivity contribution is -0.116. The lowest BCUT2D eigenvalue weighted by atomic mass is 10.0. The molecule has 5 rings (SSSR count). The van der Waals surface area contributed by atoms with Crippen molar-refractivity contribution in [2.75, 3.05) is 58.9 Å². The van der Waals surface area contributed by atoms with E-state index in [0.29, 0.717) is 79.9 Å². The van der Waals surface area contributed by atoms with E-state index in [-0.39, 0.29) is 23.1 Å². The Bertz CT molecular complexity index is 1480. The third kappa shape index (κ3) is 6.11. The van der Waals surface area contributed by atoms with Crippen LogP contribution in [-0.4, -0.2) is 84.9 Å². The molecular weight excluding hydrogens is 517 g/mol. The number of fused-ring (bicyclic) bond motifs is 1. The van der Waals surface area contributed by atoms with E-state index in [9.17, 15) is 14.0 Å². The predicted octanol–water partition coefficient (Wildman–Crippen LogP) is 2.95. The number of anilines is 1. The summed E-state index contributed by atoms with van der Waals surface area (Å²) in [5.74, 6) is 0.501. The van der Waals surface area contributed by atoms with Crippen molar-refractivity contribution in [3.63, 3.8) is 0 Å². The maximum atomic E-state index is 13.5. The lowest BCUT2D eigenvalue weighted by Crippen LogP contribution is -2.47. The highest BCUT2D eigenvalue weighted by atomic mass is 19.1. The average molecular weight is 548 g/mol. The van der Waals surface area contributed by atoms with Crippen molar-refractivity contribution in [3.05, 3.63) is 77.7 Å². The van der Waals surface area contributed by atoms with E-state index in [1.807, 2.05) is 11.0 Å². The molecule has 1 aliphatic carbocycles. The monoisotopic (exact) mass is 547 g/mol. The average Bonchev–Trinajstić information content (AvgIpc) is 2.95. The van der Waals surface area contributed by atoms with Gasteiger partial charge in [-0.05, 0) is 23.8 Å². The van der Waals surface area contributed by atoms with Crippen molar-refractivity contribution in [1.29, 1.82) is 0 Å². The van der Waals surface area contributed by atoms with Gasteiger partial charge in [0.05, 0.1) is 30.6 Å². The van der Waals surface area contributed by atoms with Crippen molar-refractivity contribution in [1.82, 2.24) is 19.8 Å². The van der Waals surface area contributed by atoms with E-state index in [2.05, 4.69) is 20.2 Å². The number of carbonyl (C=O) groups excluding carboxylic acids is 2. The fourth-order valence-corrected chi connectivity index (χ4v) is 4.73. The van der Waals surface area contributed by atoms with E-state index >= 15 is 0 Å². The molecule has 0 saturated carbocycles. The van der Waals surface area contributed by atoms with Crippen LogP contribution in [0, 0.1) is 5.82 Å². The van der Waals surface area contributed by atoms with Gasteiger partial charge in [-0.2, -0.15) is 0 Å². The fourth-order valence-electron chi connectivity index (χ4n) is 4.73. The lowest BCUT2D eigenvalue weighted by Gasteiger charge is -2.37. The van der Waals surface area contributed by atoms with Crippen LogP contribution in [0.3, 0.4) is 0 Å². The summed E-state index contributed by atoms with van der Waals surface area (Å²) >= 11 is 0. The largest absolute Gasteiger partial charge is 0.493 e. The molecule has 0 unspecified atom stereocenters. The van der Waals surface area contributed by atoms with Crippen LogP contribution in [0.15, 0.2) is 66.3 Å². The molecule has 0 bridgehead atoms. The smallest absolute Gasteiger partial charge is 0.204 e. The molecule has 208 valence electrons. The quantitative estimate of drug-likeness (QED) is 0.301. The zero-order valence-corrected chi connectivity index (χ0v) is 22.4. The van der Waals surface area contributed by atoms with Crippen LogP contribution < -0.4 is 14.8 Å². The molecule has 40 heavy (non-hydrogen) atoms. The van der Waals surface area contributed by atoms with E-state index in [4.69, 9.17) is 14.2 Å². The second-order valence-electron chi connectivity index (χ2n) is 9.42. The van der Waals surface area contributed by atoms with Gasteiger partial charge in [-0.1, -0.05) is 12.1 Å². The molecule has 0 radical (unpaired) electrons. The van der Waals surface area contributed by atoms with Gasteiger partial charge < -0.3 is 24.4 Å². The SMILES string of the molecule is COCCOc1cc2ncnc(NC3=CC(=O)C(N4CCN(Cc5cccc(F)c5)CC4)=CC3=O)c2cc1OC. The zero-order valence-electron chi connectivity index (χ0n) is 22.4. The number of hydrogen-bond donors (Lipinski definition) is 1. The Balaban J connectivity index is 1.26. The number of rotatable bonds is 10. The Morgan fingerprint density at radius 3 is 2.52 bits per heavy atom. The highest BCUT2D eigenvalue weighted by Gasteiger charge is 2.28. The van der Waals surface area contributed by atoms with Gasteiger partial charge in [-0.25, -0.2) is 14.4 Å². The molecule has 2 aromatic carbocycles. The van der Waals surface area contributed by atoms with Gasteiger partial charge in [0.15, 0.2) is 11.5 Å². The third-order valence-electron chi connectivity index (χ3n) is 6.79. The predicted molar refractivity (Wildman–Crippen MR) is 147 cm³/mol. The number of methoxy groups -OCH3 is 2. The number of aromatic nitrogens is 2. The molecular formula is C29H30FN5O5. The summed E-state index contributed by atoms with van der Waals surface area (Å²) in [5.41, 5.74) is 1.97. The first kappa shape index (κ1) is 27.2. The summed E-state index contributed by atoms with van der Waals surface area (Å²) in [7, 11) is 3.12. The summed E-state index contributed by atoms with van der Waals surface area (Å²) in [6, 6.07) is 10.0. The number of ether oxygens (including phenoxy) is 3. The molecule has 10 nitrogen and oxygen atoms in total. The molecule has 11 heteroatoms. The number of carbonyl (C=O) groups is 2. The van der Waals surface area contributed by atoms with E-state index in [1.165, 1.54) is 37.7 Å². The van der Waals surface area contributed by atoms with Crippen molar-refractivity contribution in [2.24, 2.45) is 0 Å². The van der Waals surface area contributed by atoms with Gasteiger partial charge in [0, 0.05) is 63.4 Å². The van der Waals surface area contributed by atoms with E-state index in [1.54, 1.807) is 25.3 Å². The van der Waals surface area contributed by atoms with Crippen LogP contribution in [0.1, 0.15) is 5.56 Å². The standard InChI is InChI=1S/C29H30FN5O5/c1-38-10-11-40-28-15-22-21(13-27(28)39-2)29(32-18-31-22)33-23-14-26(37)24(16-25(23)36)35-8-6-34(7-9-35)17-19-4-3-5-20(30)12-19/h3-5,12-16,18H,6-11,17H2,1-2H3,(H,31,32,33). The number of nitrogens with zero attached hydrogens (tertiary/aromatic N) is 4. The first-order valence-electron chi connectivity index (χ1n) is 12.9. The second kappa shape index (κ2) is 12.2. The van der Waals surface area contributed by atoms with Gasteiger partial charge in [0.1, 0.15) is 24.6 Å². The summed E-state index contributed by atoms with van der Waals surface area (Å²) in [6.07, 6.45) is 4.05. The minimum atomic E-state index is -0.324. The number of ketones is 2. The van der Waals surface area contributed by atoms with Crippen LogP contribution in [0.5, 0.6) is 11.5 Å². The van der Waals surface area contributed by atoms with Crippen LogP contribution in [0.2, 0.25) is 0 Å². The Morgan fingerprint density at radius 2 is 1.77 bits per heavy atom. The fraction of sp³-hybridized carbons (Fsp3) is 0.310. The molecule has 0 atom stereocenters. The molecule has 0 amide bonds. The zero-order chi connectivity index (χ0) is 28.1. The van der Waals surface area contributed by atoms with Crippen LogP contribution in [0.25, 0.3) is 10.9 Å². The number of halogens is 1. The topological polar surface area (TPSA) is 106 Å². The molecule has 1 aromatic heterocycles. The van der Waals surface area contributed by atoms with Crippen molar-refractivity contribution < 1.29 is 28.2 Å². The molecule has 2 aliphatic rings. The second-order valence-corrected chi connectivity index (χ2v) is 9.42. The summed E-state index contributed by atoms with van der Waals surface area (Å²) in [4.78, 5) is 38.9.